The van der Waals surface area contributed by atoms with Crippen LogP contribution < -0.4 is 11.3 Å². The topological polar surface area (TPSA) is 60.9 Å². The smallest absolute Gasteiger partial charge is 0.280 e. The zero-order chi connectivity index (χ0) is 14.1. The molecule has 100 valence electrons. The predicted octanol–water partition coefficient (Wildman–Crippen LogP) is 2.15. The Hall–Kier alpha value is -2.46. The van der Waals surface area contributed by atoms with Crippen molar-refractivity contribution >= 4 is 10.9 Å². The fourth-order valence-electron chi connectivity index (χ4n) is 2.39. The first-order valence-corrected chi connectivity index (χ1v) is 6.48. The quantitative estimate of drug-likeness (QED) is 0.772. The molecule has 2 N–H and O–H groups in total. The summed E-state index contributed by atoms with van der Waals surface area (Å²) < 4.78 is 1.98. The Morgan fingerprint density at radius 1 is 1.10 bits per heavy atom. The SMILES string of the molecule is Cc1nc(=O)c2ccccc2n1-c1ccc(CN)cc1. The number of aromatic nitrogens is 2. The summed E-state index contributed by atoms with van der Waals surface area (Å²) in [7, 11) is 0. The largest absolute Gasteiger partial charge is 0.326 e. The van der Waals surface area contributed by atoms with E-state index in [1.165, 1.54) is 0 Å². The van der Waals surface area contributed by atoms with Gasteiger partial charge in [0.15, 0.2) is 0 Å². The minimum atomic E-state index is -0.187. The minimum absolute atomic E-state index is 0.187. The van der Waals surface area contributed by atoms with Crippen molar-refractivity contribution < 1.29 is 0 Å². The summed E-state index contributed by atoms with van der Waals surface area (Å²) in [5.41, 5.74) is 8.35. The van der Waals surface area contributed by atoms with E-state index in [2.05, 4.69) is 4.98 Å². The summed E-state index contributed by atoms with van der Waals surface area (Å²) in [6.45, 7) is 2.35. The molecule has 2 aromatic carbocycles. The molecule has 3 aromatic rings. The number of nitrogens with zero attached hydrogens (tertiary/aromatic N) is 2. The van der Waals surface area contributed by atoms with Gasteiger partial charge in [-0.05, 0) is 36.8 Å². The summed E-state index contributed by atoms with van der Waals surface area (Å²) >= 11 is 0. The molecule has 0 saturated carbocycles. The van der Waals surface area contributed by atoms with E-state index in [4.69, 9.17) is 5.73 Å². The van der Waals surface area contributed by atoms with Crippen LogP contribution in [0.4, 0.5) is 0 Å². The van der Waals surface area contributed by atoms with Crippen LogP contribution in [-0.2, 0) is 6.54 Å². The van der Waals surface area contributed by atoms with Crippen LogP contribution in [0.25, 0.3) is 16.6 Å². The van der Waals surface area contributed by atoms with Crippen molar-refractivity contribution in [3.63, 3.8) is 0 Å². The Balaban J connectivity index is 2.32. The van der Waals surface area contributed by atoms with Gasteiger partial charge >= 0.3 is 0 Å². The number of benzene rings is 2. The maximum Gasteiger partial charge on any atom is 0.280 e. The molecule has 0 unspecified atom stereocenters. The summed E-state index contributed by atoms with van der Waals surface area (Å²) in [6, 6.07) is 15.5. The van der Waals surface area contributed by atoms with Gasteiger partial charge in [0.2, 0.25) is 0 Å². The Morgan fingerprint density at radius 2 is 1.80 bits per heavy atom. The van der Waals surface area contributed by atoms with Gasteiger partial charge in [0, 0.05) is 12.2 Å². The Labute approximate surface area is 116 Å². The normalized spacial score (nSPS) is 10.9. The molecule has 3 rings (SSSR count). The summed E-state index contributed by atoms with van der Waals surface area (Å²) in [5.74, 6) is 0.675. The lowest BCUT2D eigenvalue weighted by atomic mass is 10.2. The third kappa shape index (κ3) is 2.00. The molecule has 1 aromatic heterocycles. The van der Waals surface area contributed by atoms with Crippen molar-refractivity contribution in [1.29, 1.82) is 0 Å². The third-order valence-corrected chi connectivity index (χ3v) is 3.39. The second-order valence-electron chi connectivity index (χ2n) is 4.69. The van der Waals surface area contributed by atoms with Gasteiger partial charge in [-0.3, -0.25) is 9.36 Å². The van der Waals surface area contributed by atoms with Gasteiger partial charge in [0.25, 0.3) is 5.56 Å². The number of aryl methyl sites for hydroxylation is 1. The molecule has 0 aliphatic rings. The molecule has 0 spiro atoms. The van der Waals surface area contributed by atoms with Crippen LogP contribution in [0.1, 0.15) is 11.4 Å². The molecule has 4 heteroatoms. The number of hydrogen-bond donors (Lipinski definition) is 1. The van der Waals surface area contributed by atoms with Crippen LogP contribution in [0.5, 0.6) is 0 Å². The van der Waals surface area contributed by atoms with Gasteiger partial charge < -0.3 is 5.73 Å². The van der Waals surface area contributed by atoms with E-state index in [1.807, 2.05) is 54.0 Å². The molecular weight excluding hydrogens is 250 g/mol. The van der Waals surface area contributed by atoms with Gasteiger partial charge in [0.1, 0.15) is 5.82 Å². The zero-order valence-electron chi connectivity index (χ0n) is 11.2. The van der Waals surface area contributed by atoms with Gasteiger partial charge in [-0.25, -0.2) is 0 Å². The maximum absolute atomic E-state index is 11.9. The monoisotopic (exact) mass is 265 g/mol. The first-order valence-electron chi connectivity index (χ1n) is 6.48. The molecular formula is C16H15N3O. The lowest BCUT2D eigenvalue weighted by Gasteiger charge is -2.13. The second-order valence-corrected chi connectivity index (χ2v) is 4.69. The van der Waals surface area contributed by atoms with E-state index < -0.39 is 0 Å². The van der Waals surface area contributed by atoms with Crippen molar-refractivity contribution in [1.82, 2.24) is 9.55 Å². The van der Waals surface area contributed by atoms with Crippen molar-refractivity contribution in [2.75, 3.05) is 0 Å². The molecule has 0 radical (unpaired) electrons. The lowest BCUT2D eigenvalue weighted by molar-refractivity contribution is 0.930. The van der Waals surface area contributed by atoms with E-state index >= 15 is 0 Å². The van der Waals surface area contributed by atoms with Crippen molar-refractivity contribution in [2.24, 2.45) is 5.73 Å². The summed E-state index contributed by atoms with van der Waals surface area (Å²) in [6.07, 6.45) is 0. The fourth-order valence-corrected chi connectivity index (χ4v) is 2.39. The third-order valence-electron chi connectivity index (χ3n) is 3.39. The van der Waals surface area contributed by atoms with Crippen LogP contribution in [0.3, 0.4) is 0 Å². The molecule has 20 heavy (non-hydrogen) atoms. The highest BCUT2D eigenvalue weighted by molar-refractivity contribution is 5.79. The number of nitrogens with two attached hydrogens (primary N) is 1. The van der Waals surface area contributed by atoms with Crippen LogP contribution in [-0.4, -0.2) is 9.55 Å². The molecule has 0 aliphatic carbocycles. The van der Waals surface area contributed by atoms with Crippen LogP contribution in [0.2, 0.25) is 0 Å². The predicted molar refractivity (Wildman–Crippen MR) is 80.0 cm³/mol. The van der Waals surface area contributed by atoms with E-state index in [-0.39, 0.29) is 5.56 Å². The number of hydrogen-bond acceptors (Lipinski definition) is 3. The van der Waals surface area contributed by atoms with Crippen molar-refractivity contribution in [2.45, 2.75) is 13.5 Å². The molecule has 4 nitrogen and oxygen atoms in total. The fraction of sp³-hybridized carbons (Fsp3) is 0.125. The van der Waals surface area contributed by atoms with E-state index in [9.17, 15) is 4.79 Å². The number of rotatable bonds is 2. The molecule has 0 atom stereocenters. The number of fused-ring (bicyclic) bond motifs is 1. The molecule has 0 amide bonds. The molecule has 0 aliphatic heterocycles. The molecule has 0 fully saturated rings. The lowest BCUT2D eigenvalue weighted by Crippen LogP contribution is -2.15. The highest BCUT2D eigenvalue weighted by Crippen LogP contribution is 2.18. The maximum atomic E-state index is 11.9. The van der Waals surface area contributed by atoms with Gasteiger partial charge in [-0.15, -0.1) is 0 Å². The Bertz CT molecular complexity index is 819. The Morgan fingerprint density at radius 3 is 2.50 bits per heavy atom. The first kappa shape index (κ1) is 12.6. The van der Waals surface area contributed by atoms with Crippen LogP contribution >= 0.6 is 0 Å². The zero-order valence-corrected chi connectivity index (χ0v) is 11.2. The van der Waals surface area contributed by atoms with Crippen molar-refractivity contribution in [3.05, 3.63) is 70.3 Å². The molecule has 1 heterocycles. The summed E-state index contributed by atoms with van der Waals surface area (Å²) in [4.78, 5) is 16.0. The van der Waals surface area contributed by atoms with E-state index in [0.29, 0.717) is 17.8 Å². The van der Waals surface area contributed by atoms with Gasteiger partial charge in [-0.1, -0.05) is 24.3 Å². The van der Waals surface area contributed by atoms with E-state index in [0.717, 1.165) is 16.8 Å². The van der Waals surface area contributed by atoms with Crippen LogP contribution in [0, 0.1) is 6.92 Å². The molecule has 0 saturated heterocycles. The standard InChI is InChI=1S/C16H15N3O/c1-11-18-16(20)14-4-2-3-5-15(14)19(11)13-8-6-12(10-17)7-9-13/h2-9H,10,17H2,1H3. The second kappa shape index (κ2) is 4.90. The minimum Gasteiger partial charge on any atom is -0.326 e. The Kier molecular flexibility index (Phi) is 3.08. The van der Waals surface area contributed by atoms with Gasteiger partial charge in [0.05, 0.1) is 10.9 Å². The molecule has 0 bridgehead atoms. The first-order chi connectivity index (χ1) is 9.70. The van der Waals surface area contributed by atoms with E-state index in [1.54, 1.807) is 6.07 Å². The van der Waals surface area contributed by atoms with Gasteiger partial charge in [-0.2, -0.15) is 4.98 Å². The number of para-hydroxylation sites is 1. The average Bonchev–Trinajstić information content (AvgIpc) is 2.48. The average molecular weight is 265 g/mol. The van der Waals surface area contributed by atoms with Crippen LogP contribution in [0.15, 0.2) is 53.3 Å². The highest BCUT2D eigenvalue weighted by atomic mass is 16.1. The highest BCUT2D eigenvalue weighted by Gasteiger charge is 2.08. The van der Waals surface area contributed by atoms with Crippen molar-refractivity contribution in [3.8, 4) is 5.69 Å². The summed E-state index contributed by atoms with van der Waals surface area (Å²) in [5, 5.41) is 0.626.